The molecule has 2 fully saturated rings. The quantitative estimate of drug-likeness (QED) is 0.334. The summed E-state index contributed by atoms with van der Waals surface area (Å²) in [5.41, 5.74) is 0.635. The number of amidine groups is 1. The Labute approximate surface area is 172 Å². The first-order valence-electron chi connectivity index (χ1n) is 9.48. The summed E-state index contributed by atoms with van der Waals surface area (Å²) in [6.45, 7) is 2.38. The minimum Gasteiger partial charge on any atom is -0.461 e. The molecular weight excluding hydrogens is 390 g/mol. The summed E-state index contributed by atoms with van der Waals surface area (Å²) in [5.74, 6) is 1.80. The van der Waals surface area contributed by atoms with E-state index in [4.69, 9.17) is 9.83 Å². The van der Waals surface area contributed by atoms with Crippen molar-refractivity contribution in [3.8, 4) is 0 Å². The summed E-state index contributed by atoms with van der Waals surface area (Å²) in [4.78, 5) is 34.7. The first-order chi connectivity index (χ1) is 14.1. The molecule has 4 rings (SSSR count). The van der Waals surface area contributed by atoms with Gasteiger partial charge < -0.3 is 14.6 Å². The van der Waals surface area contributed by atoms with Crippen LogP contribution in [0.1, 0.15) is 30.7 Å². The third-order valence-corrected chi connectivity index (χ3v) is 5.92. The highest BCUT2D eigenvalue weighted by molar-refractivity contribution is 8.18. The van der Waals surface area contributed by atoms with Crippen molar-refractivity contribution in [3.05, 3.63) is 47.0 Å². The number of carbonyl (C=O) groups excluding carboxylic acids is 2. The minimum atomic E-state index is -0.145. The van der Waals surface area contributed by atoms with Gasteiger partial charge in [0.1, 0.15) is 0 Å². The monoisotopic (exact) mass is 411 g/mol. The Morgan fingerprint density at radius 1 is 1.34 bits per heavy atom. The number of ketones is 1. The van der Waals surface area contributed by atoms with Crippen molar-refractivity contribution in [3.63, 3.8) is 0 Å². The van der Waals surface area contributed by atoms with Crippen molar-refractivity contribution >= 4 is 40.5 Å². The second-order valence-corrected chi connectivity index (χ2v) is 8.13. The van der Waals surface area contributed by atoms with Gasteiger partial charge in [-0.05, 0) is 54.8 Å². The highest BCUT2D eigenvalue weighted by atomic mass is 32.2. The zero-order valence-electron chi connectivity index (χ0n) is 15.8. The van der Waals surface area contributed by atoms with Crippen LogP contribution in [0.15, 0.2) is 40.0 Å². The molecule has 4 heterocycles. The van der Waals surface area contributed by atoms with E-state index in [1.54, 1.807) is 36.7 Å². The van der Waals surface area contributed by atoms with Gasteiger partial charge in [0.15, 0.2) is 17.4 Å². The molecular formula is C20H21N5O3S. The second kappa shape index (κ2) is 8.60. The normalized spacial score (nSPS) is 19.2. The van der Waals surface area contributed by atoms with E-state index in [0.29, 0.717) is 34.1 Å². The number of rotatable bonds is 5. The van der Waals surface area contributed by atoms with Crippen LogP contribution in [0.4, 0.5) is 5.95 Å². The molecule has 0 saturated carbocycles. The van der Waals surface area contributed by atoms with Crippen molar-refractivity contribution in [1.29, 1.82) is 5.41 Å². The first-order valence-corrected chi connectivity index (χ1v) is 10.3. The average molecular weight is 411 g/mol. The van der Waals surface area contributed by atoms with Crippen LogP contribution in [0.2, 0.25) is 0 Å². The Bertz CT molecular complexity index is 949. The summed E-state index contributed by atoms with van der Waals surface area (Å²) in [6, 6.07) is 5.28. The number of Topliss-reactive ketones (excluding diaryl/α,β-unsaturated/α-hetero) is 1. The highest BCUT2D eigenvalue weighted by Crippen LogP contribution is 2.30. The number of carbonyl (C=O) groups is 2. The Morgan fingerprint density at radius 2 is 2.17 bits per heavy atom. The van der Waals surface area contributed by atoms with Crippen molar-refractivity contribution in [2.45, 2.75) is 19.3 Å². The molecule has 0 amide bonds. The molecule has 2 N–H and O–H groups in total. The number of hydrogen-bond donors (Lipinski definition) is 2. The van der Waals surface area contributed by atoms with Gasteiger partial charge in [-0.25, -0.2) is 9.97 Å². The molecule has 0 radical (unpaired) electrons. The molecule has 2 aromatic heterocycles. The Morgan fingerprint density at radius 3 is 2.86 bits per heavy atom. The van der Waals surface area contributed by atoms with E-state index >= 15 is 0 Å². The predicted octanol–water partition coefficient (Wildman–Crippen LogP) is 2.47. The van der Waals surface area contributed by atoms with Crippen LogP contribution in [0.3, 0.4) is 0 Å². The Kier molecular flexibility index (Phi) is 5.75. The van der Waals surface area contributed by atoms with Gasteiger partial charge in [0.2, 0.25) is 11.1 Å². The minimum absolute atomic E-state index is 0.0344. The summed E-state index contributed by atoms with van der Waals surface area (Å²) >= 11 is 0.985. The number of nitrogens with zero attached hydrogens (tertiary/aromatic N) is 3. The lowest BCUT2D eigenvalue weighted by atomic mass is 9.97. The maximum Gasteiger partial charge on any atom is 0.225 e. The van der Waals surface area contributed by atoms with Crippen molar-refractivity contribution in [2.75, 3.05) is 24.5 Å². The van der Waals surface area contributed by atoms with Gasteiger partial charge in [-0.1, -0.05) is 0 Å². The maximum absolute atomic E-state index is 11.8. The predicted molar refractivity (Wildman–Crippen MR) is 111 cm³/mol. The van der Waals surface area contributed by atoms with Crippen LogP contribution in [-0.2, 0) is 9.59 Å². The number of piperidine rings is 1. The van der Waals surface area contributed by atoms with Gasteiger partial charge in [0.25, 0.3) is 0 Å². The average Bonchev–Trinajstić information content (AvgIpc) is 3.37. The van der Waals surface area contributed by atoms with E-state index in [1.165, 1.54) is 0 Å². The van der Waals surface area contributed by atoms with Gasteiger partial charge >= 0.3 is 0 Å². The van der Waals surface area contributed by atoms with Crippen molar-refractivity contribution in [2.24, 2.45) is 5.92 Å². The zero-order valence-corrected chi connectivity index (χ0v) is 16.6. The topological polar surface area (TPSA) is 112 Å². The molecule has 150 valence electrons. The van der Waals surface area contributed by atoms with Crippen molar-refractivity contribution < 1.29 is 14.0 Å². The van der Waals surface area contributed by atoms with E-state index < -0.39 is 0 Å². The molecule has 2 saturated heterocycles. The number of anilines is 1. The first kappa shape index (κ1) is 19.4. The molecule has 29 heavy (non-hydrogen) atoms. The third kappa shape index (κ3) is 4.73. The highest BCUT2D eigenvalue weighted by Gasteiger charge is 2.26. The number of allylic oxidation sites excluding steroid dienone is 1. The van der Waals surface area contributed by atoms with E-state index in [-0.39, 0.29) is 17.3 Å². The molecule has 0 spiro atoms. The smallest absolute Gasteiger partial charge is 0.225 e. The second-order valence-electron chi connectivity index (χ2n) is 7.03. The third-order valence-electron chi connectivity index (χ3n) is 4.98. The molecule has 8 nitrogen and oxygen atoms in total. The fourth-order valence-corrected chi connectivity index (χ4v) is 4.18. The molecule has 0 atom stereocenters. The Hall–Kier alpha value is -2.94. The van der Waals surface area contributed by atoms with Gasteiger partial charge in [-0.3, -0.25) is 15.0 Å². The summed E-state index contributed by atoms with van der Waals surface area (Å²) < 4.78 is 5.22. The van der Waals surface area contributed by atoms with Crippen LogP contribution in [-0.4, -0.2) is 46.3 Å². The van der Waals surface area contributed by atoms with Crippen LogP contribution in [0, 0.1) is 11.3 Å². The van der Waals surface area contributed by atoms with Gasteiger partial charge in [0.05, 0.1) is 23.3 Å². The molecule has 0 bridgehead atoms. The standard InChI is InChI=1S/C20H21N5O3S/c21-19(16-2-1-9-28-16)23-12-13-4-7-25(8-5-13)20-22-6-3-14(24-20)10-17-15(26)11-18(27)29-17/h1-3,6,9-10,13H,4-5,7-8,11-12H2,(H2,21,23)/b17-10-. The van der Waals surface area contributed by atoms with Crippen LogP contribution < -0.4 is 10.2 Å². The van der Waals surface area contributed by atoms with E-state index in [2.05, 4.69) is 20.2 Å². The van der Waals surface area contributed by atoms with E-state index in [0.717, 1.165) is 44.2 Å². The van der Waals surface area contributed by atoms with Crippen LogP contribution in [0.5, 0.6) is 0 Å². The molecule has 2 aliphatic rings. The fourth-order valence-electron chi connectivity index (χ4n) is 3.36. The van der Waals surface area contributed by atoms with Crippen LogP contribution in [0.25, 0.3) is 6.08 Å². The lowest BCUT2D eigenvalue weighted by molar-refractivity contribution is -0.119. The van der Waals surface area contributed by atoms with Gasteiger partial charge in [-0.15, -0.1) is 0 Å². The van der Waals surface area contributed by atoms with E-state index in [9.17, 15) is 9.59 Å². The number of hydrogen-bond acceptors (Lipinski definition) is 8. The largest absolute Gasteiger partial charge is 0.461 e. The molecule has 0 aliphatic carbocycles. The van der Waals surface area contributed by atoms with Gasteiger partial charge in [-0.2, -0.15) is 0 Å². The SMILES string of the molecule is N=C(NCC1CCN(c2nccc(/C=C3\SC(=O)CC3=O)n2)CC1)c1ccco1. The molecule has 2 aliphatic heterocycles. The molecule has 9 heteroatoms. The Balaban J connectivity index is 1.32. The molecule has 0 aromatic carbocycles. The number of nitrogens with one attached hydrogen (secondary N) is 2. The number of aromatic nitrogens is 2. The summed E-state index contributed by atoms with van der Waals surface area (Å²) in [7, 11) is 0. The lowest BCUT2D eigenvalue weighted by Gasteiger charge is -2.32. The van der Waals surface area contributed by atoms with E-state index in [1.807, 2.05) is 0 Å². The van der Waals surface area contributed by atoms with Crippen LogP contribution >= 0.6 is 11.8 Å². The zero-order chi connectivity index (χ0) is 20.2. The lowest BCUT2D eigenvalue weighted by Crippen LogP contribution is -2.39. The van der Waals surface area contributed by atoms with Gasteiger partial charge in [0, 0.05) is 25.8 Å². The summed E-state index contributed by atoms with van der Waals surface area (Å²) in [6.07, 6.45) is 6.81. The summed E-state index contributed by atoms with van der Waals surface area (Å²) in [5, 5.41) is 11.0. The molecule has 2 aromatic rings. The van der Waals surface area contributed by atoms with Crippen molar-refractivity contribution in [1.82, 2.24) is 15.3 Å². The fraction of sp³-hybridized carbons (Fsp3) is 0.350. The number of furan rings is 1. The number of thioether (sulfide) groups is 1. The molecule has 0 unspecified atom stereocenters. The maximum atomic E-state index is 11.8.